The van der Waals surface area contributed by atoms with Crippen molar-refractivity contribution in [2.45, 2.75) is 0 Å². The van der Waals surface area contributed by atoms with Crippen molar-refractivity contribution in [2.24, 2.45) is 10.2 Å². The molecule has 0 atom stereocenters. The fraction of sp³-hybridized carbons (Fsp3) is 0. The number of imidazole rings is 1. The minimum Gasteiger partial charge on any atom is -0.297 e. The summed E-state index contributed by atoms with van der Waals surface area (Å²) in [6.07, 6.45) is 1.82. The molecule has 4 heteroatoms. The predicted molar refractivity (Wildman–Crippen MR) is 91.7 cm³/mol. The first-order chi connectivity index (χ1) is 11.4. The highest BCUT2D eigenvalue weighted by Gasteiger charge is 2.07. The number of fused-ring (bicyclic) bond motifs is 1. The van der Waals surface area contributed by atoms with Crippen LogP contribution in [0.2, 0.25) is 0 Å². The zero-order valence-electron chi connectivity index (χ0n) is 12.4. The summed E-state index contributed by atoms with van der Waals surface area (Å²) in [5.41, 5.74) is 4.61. The van der Waals surface area contributed by atoms with Gasteiger partial charge in [-0.3, -0.25) is 4.57 Å². The second kappa shape index (κ2) is 5.85. The molecule has 0 aliphatic carbocycles. The summed E-state index contributed by atoms with van der Waals surface area (Å²) in [6, 6.07) is 25.7. The normalized spacial score (nSPS) is 11.3. The number of aromatic nitrogens is 2. The molecule has 0 saturated heterocycles. The Balaban J connectivity index is 1.80. The Morgan fingerprint density at radius 2 is 1.43 bits per heavy atom. The van der Waals surface area contributed by atoms with Gasteiger partial charge in [0.15, 0.2) is 0 Å². The molecule has 4 aromatic rings. The molecular weight excluding hydrogens is 284 g/mol. The first-order valence-electron chi connectivity index (χ1n) is 7.40. The number of para-hydroxylation sites is 3. The topological polar surface area (TPSA) is 42.5 Å². The van der Waals surface area contributed by atoms with Crippen LogP contribution in [0.4, 0.5) is 11.4 Å². The van der Waals surface area contributed by atoms with E-state index in [1.807, 2.05) is 89.8 Å². The van der Waals surface area contributed by atoms with E-state index in [1.54, 1.807) is 0 Å². The molecular formula is C19H14N4. The van der Waals surface area contributed by atoms with Gasteiger partial charge >= 0.3 is 0 Å². The van der Waals surface area contributed by atoms with Gasteiger partial charge in [0.05, 0.1) is 22.4 Å². The first kappa shape index (κ1) is 13.4. The van der Waals surface area contributed by atoms with Crippen molar-refractivity contribution in [3.05, 3.63) is 85.2 Å². The number of benzene rings is 3. The van der Waals surface area contributed by atoms with E-state index in [-0.39, 0.29) is 0 Å². The van der Waals surface area contributed by atoms with Crippen molar-refractivity contribution < 1.29 is 0 Å². The van der Waals surface area contributed by atoms with Crippen LogP contribution in [0.1, 0.15) is 0 Å². The molecule has 1 heterocycles. The lowest BCUT2D eigenvalue weighted by molar-refractivity contribution is 1.08. The summed E-state index contributed by atoms with van der Waals surface area (Å²) >= 11 is 0. The van der Waals surface area contributed by atoms with Crippen molar-refractivity contribution in [1.82, 2.24) is 9.55 Å². The van der Waals surface area contributed by atoms with Crippen LogP contribution in [-0.2, 0) is 0 Å². The van der Waals surface area contributed by atoms with Gasteiger partial charge in [-0.1, -0.05) is 42.5 Å². The van der Waals surface area contributed by atoms with Crippen LogP contribution >= 0.6 is 0 Å². The average molecular weight is 298 g/mol. The Kier molecular flexibility index (Phi) is 3.41. The molecule has 1 aromatic heterocycles. The second-order valence-electron chi connectivity index (χ2n) is 5.13. The second-order valence-corrected chi connectivity index (χ2v) is 5.13. The van der Waals surface area contributed by atoms with Crippen LogP contribution in [0.15, 0.2) is 95.4 Å². The maximum Gasteiger partial charge on any atom is 0.110 e. The SMILES string of the molecule is c1ccc(N=Nc2ccccc2-n2cnc3ccccc32)cc1. The Morgan fingerprint density at radius 1 is 0.696 bits per heavy atom. The van der Waals surface area contributed by atoms with Crippen molar-refractivity contribution in [1.29, 1.82) is 0 Å². The largest absolute Gasteiger partial charge is 0.297 e. The van der Waals surface area contributed by atoms with E-state index in [9.17, 15) is 0 Å². The van der Waals surface area contributed by atoms with Crippen LogP contribution in [0.25, 0.3) is 16.7 Å². The maximum absolute atomic E-state index is 4.45. The molecule has 0 fully saturated rings. The van der Waals surface area contributed by atoms with Crippen molar-refractivity contribution in [3.63, 3.8) is 0 Å². The molecule has 0 aliphatic rings. The number of nitrogens with zero attached hydrogens (tertiary/aromatic N) is 4. The molecule has 0 saturated carbocycles. The van der Waals surface area contributed by atoms with Gasteiger partial charge in [0.2, 0.25) is 0 Å². The third-order valence-corrected chi connectivity index (χ3v) is 3.62. The van der Waals surface area contributed by atoms with Crippen LogP contribution in [0.3, 0.4) is 0 Å². The Labute approximate surface area is 133 Å². The highest BCUT2D eigenvalue weighted by molar-refractivity contribution is 5.78. The quantitative estimate of drug-likeness (QED) is 0.464. The number of rotatable bonds is 3. The fourth-order valence-electron chi connectivity index (χ4n) is 2.51. The van der Waals surface area contributed by atoms with Crippen LogP contribution in [0, 0.1) is 0 Å². The molecule has 4 nitrogen and oxygen atoms in total. The molecule has 0 spiro atoms. The van der Waals surface area contributed by atoms with Gasteiger partial charge in [0.1, 0.15) is 12.0 Å². The smallest absolute Gasteiger partial charge is 0.110 e. The average Bonchev–Trinajstić information content (AvgIpc) is 3.05. The summed E-state index contributed by atoms with van der Waals surface area (Å²) in [4.78, 5) is 4.45. The molecule has 23 heavy (non-hydrogen) atoms. The van der Waals surface area contributed by atoms with E-state index in [1.165, 1.54) is 0 Å². The molecule has 0 radical (unpaired) electrons. The predicted octanol–water partition coefficient (Wildman–Crippen LogP) is 5.44. The van der Waals surface area contributed by atoms with Crippen molar-refractivity contribution in [3.8, 4) is 5.69 Å². The van der Waals surface area contributed by atoms with Gasteiger partial charge in [0.25, 0.3) is 0 Å². The van der Waals surface area contributed by atoms with Gasteiger partial charge in [-0.25, -0.2) is 4.98 Å². The van der Waals surface area contributed by atoms with Crippen LogP contribution in [-0.4, -0.2) is 9.55 Å². The van der Waals surface area contributed by atoms with Crippen molar-refractivity contribution >= 4 is 22.4 Å². The van der Waals surface area contributed by atoms with Gasteiger partial charge in [-0.05, 0) is 36.4 Å². The molecule has 0 aliphatic heterocycles. The first-order valence-corrected chi connectivity index (χ1v) is 7.40. The zero-order valence-corrected chi connectivity index (χ0v) is 12.4. The standard InChI is InChI=1S/C19H14N4/c1-2-8-15(9-3-1)21-22-17-11-5-7-13-19(17)23-14-20-16-10-4-6-12-18(16)23/h1-14H. The summed E-state index contributed by atoms with van der Waals surface area (Å²) in [5, 5.41) is 8.73. The number of azo groups is 1. The van der Waals surface area contributed by atoms with E-state index in [0.717, 1.165) is 28.1 Å². The lowest BCUT2D eigenvalue weighted by Gasteiger charge is -2.07. The highest BCUT2D eigenvalue weighted by Crippen LogP contribution is 2.28. The number of hydrogen-bond acceptors (Lipinski definition) is 3. The minimum absolute atomic E-state index is 0.805. The Morgan fingerprint density at radius 3 is 2.35 bits per heavy atom. The third-order valence-electron chi connectivity index (χ3n) is 3.62. The number of hydrogen-bond donors (Lipinski definition) is 0. The molecule has 4 rings (SSSR count). The van der Waals surface area contributed by atoms with Gasteiger partial charge in [0, 0.05) is 0 Å². The highest BCUT2D eigenvalue weighted by atomic mass is 15.1. The minimum atomic E-state index is 0.805. The molecule has 0 unspecified atom stereocenters. The van der Waals surface area contributed by atoms with E-state index in [4.69, 9.17) is 0 Å². The molecule has 0 N–H and O–H groups in total. The molecule has 3 aromatic carbocycles. The van der Waals surface area contributed by atoms with Crippen LogP contribution < -0.4 is 0 Å². The van der Waals surface area contributed by atoms with E-state index < -0.39 is 0 Å². The fourth-order valence-corrected chi connectivity index (χ4v) is 2.51. The third kappa shape index (κ3) is 2.62. The van der Waals surface area contributed by atoms with Crippen LogP contribution in [0.5, 0.6) is 0 Å². The van der Waals surface area contributed by atoms with Gasteiger partial charge in [-0.2, -0.15) is 5.11 Å². The maximum atomic E-state index is 4.45. The lowest BCUT2D eigenvalue weighted by atomic mass is 10.2. The van der Waals surface area contributed by atoms with E-state index >= 15 is 0 Å². The van der Waals surface area contributed by atoms with E-state index in [2.05, 4.69) is 15.2 Å². The van der Waals surface area contributed by atoms with E-state index in [0.29, 0.717) is 0 Å². The van der Waals surface area contributed by atoms with Crippen molar-refractivity contribution in [2.75, 3.05) is 0 Å². The summed E-state index contributed by atoms with van der Waals surface area (Å²) in [5.74, 6) is 0. The van der Waals surface area contributed by atoms with Gasteiger partial charge in [-0.15, -0.1) is 5.11 Å². The zero-order chi connectivity index (χ0) is 15.5. The Hall–Kier alpha value is -3.27. The Bertz CT molecular complexity index is 971. The summed E-state index contributed by atoms with van der Waals surface area (Å²) in [7, 11) is 0. The van der Waals surface area contributed by atoms with Gasteiger partial charge < -0.3 is 0 Å². The lowest BCUT2D eigenvalue weighted by Crippen LogP contribution is -1.91. The molecule has 0 bridgehead atoms. The molecule has 110 valence electrons. The summed E-state index contributed by atoms with van der Waals surface area (Å²) in [6.45, 7) is 0. The summed E-state index contributed by atoms with van der Waals surface area (Å²) < 4.78 is 2.04. The molecule has 0 amide bonds. The monoisotopic (exact) mass is 298 g/mol.